The summed E-state index contributed by atoms with van der Waals surface area (Å²) in [6, 6.07) is 0. The molecular weight excluding hydrogens is 156 g/mol. The van der Waals surface area contributed by atoms with Gasteiger partial charge in [0.1, 0.15) is 0 Å². The Bertz CT molecular complexity index is 97.0. The maximum Gasteiger partial charge on any atom is 0.0223 e. The molecule has 0 amide bonds. The number of hydrogen-bond donors (Lipinski definition) is 0. The van der Waals surface area contributed by atoms with Crippen molar-refractivity contribution in [1.82, 2.24) is 0 Å². The van der Waals surface area contributed by atoms with Gasteiger partial charge in [0.05, 0.1) is 0 Å². The highest BCUT2D eigenvalue weighted by Gasteiger charge is 1.93. The average Bonchev–Trinajstić information content (AvgIpc) is 2.01. The summed E-state index contributed by atoms with van der Waals surface area (Å²) < 4.78 is 0. The molecule has 0 saturated carbocycles. The number of hydrogen-bond acceptors (Lipinski definition) is 0. The Morgan fingerprint density at radius 3 is 2.36 bits per heavy atom. The minimum Gasteiger partial charge on any atom is -0.127 e. The summed E-state index contributed by atoms with van der Waals surface area (Å²) in [5.74, 6) is 0.793. The molecule has 66 valence electrons. The van der Waals surface area contributed by atoms with Crippen LogP contribution in [0.15, 0.2) is 12.2 Å². The lowest BCUT2D eigenvalue weighted by atomic mass is 10.1. The van der Waals surface area contributed by atoms with E-state index in [1.807, 2.05) is 0 Å². The quantitative estimate of drug-likeness (QED) is 0.309. The van der Waals surface area contributed by atoms with Gasteiger partial charge in [-0.15, -0.1) is 11.6 Å². The van der Waals surface area contributed by atoms with Gasteiger partial charge in [-0.3, -0.25) is 0 Å². The molecule has 0 aliphatic rings. The van der Waals surface area contributed by atoms with Gasteiger partial charge >= 0.3 is 0 Å². The number of halogens is 1. The van der Waals surface area contributed by atoms with Crippen molar-refractivity contribution >= 4 is 11.6 Å². The summed E-state index contributed by atoms with van der Waals surface area (Å²) in [7, 11) is 0. The van der Waals surface area contributed by atoms with Gasteiger partial charge in [-0.2, -0.15) is 0 Å². The van der Waals surface area contributed by atoms with Crippen LogP contribution in [0, 0.1) is 0 Å². The fourth-order valence-corrected chi connectivity index (χ4v) is 1.21. The second kappa shape index (κ2) is 8.13. The molecular formula is C10H19Cl. The zero-order chi connectivity index (χ0) is 8.53. The lowest BCUT2D eigenvalue weighted by Crippen LogP contribution is -1.84. The van der Waals surface area contributed by atoms with Crippen LogP contribution in [0.5, 0.6) is 0 Å². The smallest absolute Gasteiger partial charge is 0.0223 e. The van der Waals surface area contributed by atoms with Crippen molar-refractivity contribution in [2.75, 3.05) is 5.88 Å². The molecule has 0 heterocycles. The molecule has 0 aliphatic heterocycles. The molecule has 0 spiro atoms. The Morgan fingerprint density at radius 2 is 1.82 bits per heavy atom. The monoisotopic (exact) mass is 174 g/mol. The summed E-state index contributed by atoms with van der Waals surface area (Å²) in [6.45, 7) is 6.24. The Balaban J connectivity index is 3.09. The first-order chi connectivity index (χ1) is 5.31. The molecule has 0 aromatic rings. The molecule has 0 fully saturated rings. The third kappa shape index (κ3) is 7.93. The first-order valence-corrected chi connectivity index (χ1v) is 5.07. The molecule has 0 saturated heterocycles. The topological polar surface area (TPSA) is 0 Å². The predicted octanol–water partition coefficient (Wildman–Crippen LogP) is 4.14. The highest BCUT2D eigenvalue weighted by Crippen LogP contribution is 2.12. The molecule has 0 nitrogen and oxygen atoms in total. The van der Waals surface area contributed by atoms with Crippen molar-refractivity contribution in [2.45, 2.75) is 45.4 Å². The van der Waals surface area contributed by atoms with Gasteiger partial charge in [-0.25, -0.2) is 0 Å². The maximum atomic E-state index is 5.56. The van der Waals surface area contributed by atoms with Crippen molar-refractivity contribution in [2.24, 2.45) is 0 Å². The van der Waals surface area contributed by atoms with Crippen LogP contribution in [-0.2, 0) is 0 Å². The maximum absolute atomic E-state index is 5.56. The number of alkyl halides is 1. The minimum atomic E-state index is 0.793. The third-order valence-electron chi connectivity index (χ3n) is 1.80. The van der Waals surface area contributed by atoms with Crippen molar-refractivity contribution in [1.29, 1.82) is 0 Å². The van der Waals surface area contributed by atoms with Crippen LogP contribution in [0.2, 0.25) is 0 Å². The van der Waals surface area contributed by atoms with Crippen LogP contribution in [0.4, 0.5) is 0 Å². The Kier molecular flexibility index (Phi) is 8.15. The van der Waals surface area contributed by atoms with E-state index < -0.39 is 0 Å². The fraction of sp³-hybridized carbons (Fsp3) is 0.800. The van der Waals surface area contributed by atoms with E-state index in [-0.39, 0.29) is 0 Å². The van der Waals surface area contributed by atoms with Gasteiger partial charge in [-0.1, -0.05) is 25.5 Å². The average molecular weight is 175 g/mol. The van der Waals surface area contributed by atoms with Gasteiger partial charge in [0.2, 0.25) is 0 Å². The summed E-state index contributed by atoms with van der Waals surface area (Å²) >= 11 is 5.56. The first-order valence-electron chi connectivity index (χ1n) is 4.54. The standard InChI is InChI=1S/C10H19Cl/c1-3-4-7-10(2)8-5-6-9-11/h2-9H2,1H3. The van der Waals surface area contributed by atoms with E-state index in [4.69, 9.17) is 11.6 Å². The van der Waals surface area contributed by atoms with E-state index in [0.29, 0.717) is 0 Å². The van der Waals surface area contributed by atoms with Crippen LogP contribution in [0.25, 0.3) is 0 Å². The van der Waals surface area contributed by atoms with Crippen molar-refractivity contribution in [3.63, 3.8) is 0 Å². The zero-order valence-electron chi connectivity index (χ0n) is 7.53. The molecule has 0 aromatic heterocycles. The van der Waals surface area contributed by atoms with Crippen molar-refractivity contribution < 1.29 is 0 Å². The van der Waals surface area contributed by atoms with Gasteiger partial charge in [0.25, 0.3) is 0 Å². The zero-order valence-corrected chi connectivity index (χ0v) is 8.29. The van der Waals surface area contributed by atoms with Crippen LogP contribution in [0.3, 0.4) is 0 Å². The lowest BCUT2D eigenvalue weighted by molar-refractivity contribution is 0.717. The van der Waals surface area contributed by atoms with Gasteiger partial charge in [0.15, 0.2) is 0 Å². The highest BCUT2D eigenvalue weighted by molar-refractivity contribution is 6.17. The van der Waals surface area contributed by atoms with Gasteiger partial charge in [-0.05, 0) is 32.1 Å². The van der Waals surface area contributed by atoms with Crippen molar-refractivity contribution in [3.8, 4) is 0 Å². The largest absolute Gasteiger partial charge is 0.127 e. The Hall–Kier alpha value is 0.0300. The van der Waals surface area contributed by atoms with Gasteiger partial charge in [0, 0.05) is 5.88 Å². The van der Waals surface area contributed by atoms with Gasteiger partial charge < -0.3 is 0 Å². The van der Waals surface area contributed by atoms with E-state index in [9.17, 15) is 0 Å². The molecule has 0 radical (unpaired) electrons. The molecule has 0 atom stereocenters. The summed E-state index contributed by atoms with van der Waals surface area (Å²) in [4.78, 5) is 0. The van der Waals surface area contributed by atoms with Crippen LogP contribution in [0.1, 0.15) is 45.4 Å². The van der Waals surface area contributed by atoms with Crippen LogP contribution < -0.4 is 0 Å². The van der Waals surface area contributed by atoms with E-state index >= 15 is 0 Å². The number of unbranched alkanes of at least 4 members (excludes halogenated alkanes) is 2. The van der Waals surface area contributed by atoms with E-state index in [1.54, 1.807) is 0 Å². The van der Waals surface area contributed by atoms with Crippen LogP contribution in [-0.4, -0.2) is 5.88 Å². The number of rotatable bonds is 7. The summed E-state index contributed by atoms with van der Waals surface area (Å²) in [6.07, 6.45) is 7.29. The molecule has 0 rings (SSSR count). The predicted molar refractivity (Wildman–Crippen MR) is 53.2 cm³/mol. The summed E-state index contributed by atoms with van der Waals surface area (Å²) in [5, 5.41) is 0. The normalized spacial score (nSPS) is 10.0. The Morgan fingerprint density at radius 1 is 1.18 bits per heavy atom. The second-order valence-electron chi connectivity index (χ2n) is 3.00. The fourth-order valence-electron chi connectivity index (χ4n) is 1.02. The molecule has 0 aromatic carbocycles. The molecule has 11 heavy (non-hydrogen) atoms. The third-order valence-corrected chi connectivity index (χ3v) is 2.07. The number of allylic oxidation sites excluding steroid dienone is 1. The molecule has 0 aliphatic carbocycles. The van der Waals surface area contributed by atoms with Crippen molar-refractivity contribution in [3.05, 3.63) is 12.2 Å². The first kappa shape index (κ1) is 11.0. The SMILES string of the molecule is C=C(CCCC)CCCCCl. The molecule has 0 N–H and O–H groups in total. The summed E-state index contributed by atoms with van der Waals surface area (Å²) in [5.41, 5.74) is 1.40. The Labute approximate surface area is 75.6 Å². The molecule has 0 unspecified atom stereocenters. The van der Waals surface area contributed by atoms with E-state index in [1.165, 1.54) is 37.7 Å². The second-order valence-corrected chi connectivity index (χ2v) is 3.38. The highest BCUT2D eigenvalue weighted by atomic mass is 35.5. The van der Waals surface area contributed by atoms with Crippen LogP contribution >= 0.6 is 11.6 Å². The van der Waals surface area contributed by atoms with E-state index in [2.05, 4.69) is 13.5 Å². The molecule has 0 bridgehead atoms. The lowest BCUT2D eigenvalue weighted by Gasteiger charge is -2.02. The van der Waals surface area contributed by atoms with E-state index in [0.717, 1.165) is 12.3 Å². The molecule has 1 heteroatoms. The minimum absolute atomic E-state index is 0.793.